The van der Waals surface area contributed by atoms with Crippen LogP contribution in [0.15, 0.2) is 37.1 Å². The predicted molar refractivity (Wildman–Crippen MR) is 47.6 cm³/mol. The minimum absolute atomic E-state index is 0.212. The highest BCUT2D eigenvalue weighted by Gasteiger charge is 2.09. The van der Waals surface area contributed by atoms with E-state index < -0.39 is 0 Å². The summed E-state index contributed by atoms with van der Waals surface area (Å²) in [6.07, 6.45) is 8.93. The highest BCUT2D eigenvalue weighted by molar-refractivity contribution is 5.75. The van der Waals surface area contributed by atoms with Gasteiger partial charge in [0.05, 0.1) is 6.54 Å². The van der Waals surface area contributed by atoms with Crippen LogP contribution in [0.1, 0.15) is 0 Å². The lowest BCUT2D eigenvalue weighted by Gasteiger charge is -2.16. The normalized spacial score (nSPS) is 14.5. The molecule has 0 fully saturated rings. The van der Waals surface area contributed by atoms with E-state index in [9.17, 15) is 4.79 Å². The van der Waals surface area contributed by atoms with Crippen LogP contribution in [0.3, 0.4) is 0 Å². The molecule has 0 aromatic rings. The van der Waals surface area contributed by atoms with Crippen molar-refractivity contribution in [3.63, 3.8) is 0 Å². The minimum atomic E-state index is -0.212. The van der Waals surface area contributed by atoms with Crippen molar-refractivity contribution in [3.05, 3.63) is 37.1 Å². The number of hydrogen-bond donors (Lipinski definition) is 0. The van der Waals surface area contributed by atoms with Gasteiger partial charge < -0.3 is 0 Å². The summed E-state index contributed by atoms with van der Waals surface area (Å²) in [6.45, 7) is 4.47. The topological polar surface area (TPSA) is 34.4 Å². The van der Waals surface area contributed by atoms with Crippen LogP contribution in [0.2, 0.25) is 0 Å². The van der Waals surface area contributed by atoms with Crippen molar-refractivity contribution >= 4 is 6.03 Å². The Hall–Kier alpha value is -1.51. The molecule has 0 bridgehead atoms. The third-order valence-corrected chi connectivity index (χ3v) is 1.42. The van der Waals surface area contributed by atoms with E-state index in [1.165, 1.54) is 0 Å². The molecule has 0 aromatic heterocycles. The second kappa shape index (κ2) is 4.38. The number of amides is 2. The highest BCUT2D eigenvalue weighted by Crippen LogP contribution is 1.98. The molecule has 0 aliphatic carbocycles. The van der Waals surface area contributed by atoms with Crippen LogP contribution in [-0.4, -0.2) is 24.0 Å². The van der Waals surface area contributed by atoms with Gasteiger partial charge in [-0.1, -0.05) is 18.2 Å². The van der Waals surface area contributed by atoms with Crippen LogP contribution in [0.25, 0.3) is 0 Å². The molecule has 3 nitrogen and oxygen atoms in total. The maximum atomic E-state index is 11.2. The Morgan fingerprint density at radius 1 is 1.67 bits per heavy atom. The molecule has 1 aliphatic rings. The van der Waals surface area contributed by atoms with Crippen molar-refractivity contribution in [3.8, 4) is 0 Å². The van der Waals surface area contributed by atoms with E-state index in [4.69, 9.17) is 0 Å². The zero-order chi connectivity index (χ0) is 8.81. The largest absolute Gasteiger partial charge is 0.343 e. The highest BCUT2D eigenvalue weighted by atomic mass is 16.2. The summed E-state index contributed by atoms with van der Waals surface area (Å²) in [4.78, 5) is 12.7. The number of rotatable bonds is 2. The van der Waals surface area contributed by atoms with Crippen molar-refractivity contribution in [1.29, 1.82) is 0 Å². The molecule has 1 heterocycles. The van der Waals surface area contributed by atoms with Gasteiger partial charge in [0.15, 0.2) is 0 Å². The van der Waals surface area contributed by atoms with E-state index in [1.807, 2.05) is 18.2 Å². The predicted octanol–water partition coefficient (Wildman–Crippen LogP) is 1.28. The number of allylic oxidation sites excluding steroid dienone is 2. The first-order valence-electron chi connectivity index (χ1n) is 3.77. The summed E-state index contributed by atoms with van der Waals surface area (Å²) in [7, 11) is 0. The molecule has 1 aliphatic heterocycles. The Morgan fingerprint density at radius 2 is 2.50 bits per heavy atom. The summed E-state index contributed by atoms with van der Waals surface area (Å²) in [5, 5.41) is 3.75. The molecule has 1 radical (unpaired) electrons. The van der Waals surface area contributed by atoms with Crippen LogP contribution in [0.4, 0.5) is 4.79 Å². The van der Waals surface area contributed by atoms with E-state index in [2.05, 4.69) is 11.9 Å². The van der Waals surface area contributed by atoms with Gasteiger partial charge in [0, 0.05) is 12.7 Å². The second-order valence-corrected chi connectivity index (χ2v) is 2.33. The van der Waals surface area contributed by atoms with Gasteiger partial charge in [0.1, 0.15) is 0 Å². The summed E-state index contributed by atoms with van der Waals surface area (Å²) in [6, 6.07) is -0.212. The molecule has 0 aromatic carbocycles. The second-order valence-electron chi connectivity index (χ2n) is 2.33. The molecule has 0 saturated carbocycles. The van der Waals surface area contributed by atoms with Gasteiger partial charge in [-0.2, -0.15) is 0 Å². The average molecular weight is 163 g/mol. The molecular formula is C9H11N2O. The third kappa shape index (κ3) is 2.27. The van der Waals surface area contributed by atoms with Gasteiger partial charge in [-0.25, -0.2) is 10.1 Å². The average Bonchev–Trinajstić information content (AvgIpc) is 2.15. The first-order valence-corrected chi connectivity index (χ1v) is 3.77. The van der Waals surface area contributed by atoms with Crippen molar-refractivity contribution in [1.82, 2.24) is 10.2 Å². The van der Waals surface area contributed by atoms with E-state index in [-0.39, 0.29) is 6.03 Å². The molecule has 0 saturated heterocycles. The van der Waals surface area contributed by atoms with Crippen LogP contribution in [-0.2, 0) is 0 Å². The lowest BCUT2D eigenvalue weighted by Crippen LogP contribution is -2.32. The van der Waals surface area contributed by atoms with Crippen molar-refractivity contribution < 1.29 is 4.79 Å². The summed E-state index contributed by atoms with van der Waals surface area (Å²) >= 11 is 0. The summed E-state index contributed by atoms with van der Waals surface area (Å²) in [5.74, 6) is 0. The Kier molecular flexibility index (Phi) is 3.14. The van der Waals surface area contributed by atoms with E-state index >= 15 is 0 Å². The lowest BCUT2D eigenvalue weighted by molar-refractivity contribution is 0.218. The molecular weight excluding hydrogens is 152 g/mol. The molecule has 0 atom stereocenters. The lowest BCUT2D eigenvalue weighted by atomic mass is 10.4. The zero-order valence-electron chi connectivity index (χ0n) is 6.81. The Labute approximate surface area is 72.1 Å². The standard InChI is InChI=1S/C9H11N2O/c1-2-6-10-9(12)11-7-4-3-5-8-11/h2-5,7H,1,6,8H2. The molecule has 0 N–H and O–H groups in total. The van der Waals surface area contributed by atoms with Crippen LogP contribution in [0.5, 0.6) is 0 Å². The maximum absolute atomic E-state index is 11.2. The van der Waals surface area contributed by atoms with Gasteiger partial charge in [0.25, 0.3) is 0 Å². The van der Waals surface area contributed by atoms with Crippen LogP contribution < -0.4 is 5.32 Å². The van der Waals surface area contributed by atoms with Gasteiger partial charge in [-0.15, -0.1) is 6.58 Å². The van der Waals surface area contributed by atoms with Crippen molar-refractivity contribution in [2.45, 2.75) is 0 Å². The van der Waals surface area contributed by atoms with Gasteiger partial charge in [-0.05, 0) is 6.08 Å². The van der Waals surface area contributed by atoms with E-state index in [1.54, 1.807) is 17.2 Å². The monoisotopic (exact) mass is 163 g/mol. The Bertz CT molecular complexity index is 231. The van der Waals surface area contributed by atoms with Gasteiger partial charge in [-0.3, -0.25) is 4.90 Å². The Balaban J connectivity index is 2.37. The molecule has 3 heteroatoms. The quantitative estimate of drug-likeness (QED) is 0.565. The molecule has 63 valence electrons. The summed E-state index contributed by atoms with van der Waals surface area (Å²) < 4.78 is 0. The van der Waals surface area contributed by atoms with Gasteiger partial charge >= 0.3 is 6.03 Å². The van der Waals surface area contributed by atoms with Crippen molar-refractivity contribution in [2.24, 2.45) is 0 Å². The number of nitrogens with zero attached hydrogens (tertiary/aromatic N) is 2. The molecule has 0 spiro atoms. The number of carbonyl (C=O) groups is 1. The number of hydrogen-bond acceptors (Lipinski definition) is 1. The smallest absolute Gasteiger partial charge is 0.296 e. The maximum Gasteiger partial charge on any atom is 0.343 e. The Morgan fingerprint density at radius 3 is 3.08 bits per heavy atom. The first-order chi connectivity index (χ1) is 5.84. The van der Waals surface area contributed by atoms with Crippen LogP contribution in [0, 0.1) is 0 Å². The fourth-order valence-electron chi connectivity index (χ4n) is 0.843. The van der Waals surface area contributed by atoms with E-state index in [0.29, 0.717) is 13.1 Å². The van der Waals surface area contributed by atoms with Gasteiger partial charge in [0.2, 0.25) is 0 Å². The van der Waals surface area contributed by atoms with Crippen molar-refractivity contribution in [2.75, 3.05) is 13.1 Å². The zero-order valence-corrected chi connectivity index (χ0v) is 6.81. The van der Waals surface area contributed by atoms with Crippen LogP contribution >= 0.6 is 0 Å². The fraction of sp³-hybridized carbons (Fsp3) is 0.222. The molecule has 0 unspecified atom stereocenters. The molecule has 1 rings (SSSR count). The summed E-state index contributed by atoms with van der Waals surface area (Å²) in [5.41, 5.74) is 0. The number of carbonyl (C=O) groups excluding carboxylic acids is 1. The molecule has 2 amide bonds. The SMILES string of the molecule is C=CC[N]C(=O)N1C=CC=CC1. The number of urea groups is 1. The first kappa shape index (κ1) is 8.59. The van der Waals surface area contributed by atoms with E-state index in [0.717, 1.165) is 0 Å². The fourth-order valence-corrected chi connectivity index (χ4v) is 0.843. The minimum Gasteiger partial charge on any atom is -0.296 e. The third-order valence-electron chi connectivity index (χ3n) is 1.42. The molecule has 12 heavy (non-hydrogen) atoms.